The van der Waals surface area contributed by atoms with Gasteiger partial charge in [-0.3, -0.25) is 0 Å². The maximum Gasteiger partial charge on any atom is 0.543 e. The van der Waals surface area contributed by atoms with Crippen LogP contribution in [-0.4, -0.2) is 32.5 Å². The highest BCUT2D eigenvalue weighted by atomic mass is 28.5. The minimum atomic E-state index is -2.70. The Morgan fingerprint density at radius 2 is 1.22 bits per heavy atom. The third kappa shape index (κ3) is 8.09. The molecule has 4 nitrogen and oxygen atoms in total. The normalized spacial score (nSPS) is 14.6. The molecular weight excluding hydrogens is 280 g/mol. The van der Waals surface area contributed by atoms with E-state index in [-0.39, 0.29) is 0 Å². The highest BCUT2D eigenvalue weighted by molar-refractivity contribution is 6.85. The molecule has 0 rings (SSSR count). The van der Waals surface area contributed by atoms with Gasteiger partial charge in [0.05, 0.1) is 7.11 Å². The zero-order valence-corrected chi connectivity index (χ0v) is 16.2. The molecule has 0 saturated carbocycles. The van der Waals surface area contributed by atoms with E-state index in [9.17, 15) is 0 Å². The smallest absolute Gasteiger partial charge is 0.474 e. The van der Waals surface area contributed by atoms with Crippen LogP contribution in [0.2, 0.25) is 45.8 Å². The van der Waals surface area contributed by atoms with E-state index >= 15 is 0 Å². The van der Waals surface area contributed by atoms with Crippen LogP contribution in [0, 0.1) is 0 Å². The number of ether oxygens (including phenoxy) is 1. The summed E-state index contributed by atoms with van der Waals surface area (Å²) in [7, 11) is -4.57. The van der Waals surface area contributed by atoms with Crippen LogP contribution in [-0.2, 0) is 17.4 Å². The summed E-state index contributed by atoms with van der Waals surface area (Å²) in [6.45, 7) is 16.6. The topological polar surface area (TPSA) is 36.9 Å². The van der Waals surface area contributed by atoms with Crippen molar-refractivity contribution in [2.45, 2.75) is 52.8 Å². The van der Waals surface area contributed by atoms with Crippen molar-refractivity contribution in [1.82, 2.24) is 0 Å². The second kappa shape index (κ2) is 6.38. The fourth-order valence-electron chi connectivity index (χ4n) is 1.58. The lowest BCUT2D eigenvalue weighted by Gasteiger charge is -2.36. The molecule has 0 saturated heterocycles. The van der Waals surface area contributed by atoms with Crippen LogP contribution in [0.1, 0.15) is 6.92 Å². The van der Waals surface area contributed by atoms with E-state index < -0.39 is 25.4 Å². The Morgan fingerprint density at radius 3 is 1.44 bits per heavy atom. The Balaban J connectivity index is 5.03. The molecular formula is C11H28O4Si3. The van der Waals surface area contributed by atoms with Crippen LogP contribution in [0.25, 0.3) is 0 Å². The van der Waals surface area contributed by atoms with E-state index in [1.165, 1.54) is 0 Å². The minimum Gasteiger partial charge on any atom is -0.474 e. The molecule has 0 aliphatic carbocycles. The number of methoxy groups -OCH3 is 1. The predicted octanol–water partition coefficient (Wildman–Crippen LogP) is 3.78. The summed E-state index contributed by atoms with van der Waals surface area (Å²) in [5, 5.41) is 0. The van der Waals surface area contributed by atoms with Gasteiger partial charge in [-0.05, 0) is 52.3 Å². The second-order valence-electron chi connectivity index (χ2n) is 6.21. The molecule has 0 aliphatic rings. The fraction of sp³-hybridized carbons (Fsp3) is 0.818. The predicted molar refractivity (Wildman–Crippen MR) is 82.3 cm³/mol. The van der Waals surface area contributed by atoms with Gasteiger partial charge in [0.1, 0.15) is 0 Å². The van der Waals surface area contributed by atoms with E-state index in [2.05, 4.69) is 39.3 Å². The van der Waals surface area contributed by atoms with Gasteiger partial charge in [-0.15, -0.1) is 0 Å². The van der Waals surface area contributed by atoms with Crippen molar-refractivity contribution in [3.05, 3.63) is 12.0 Å². The quantitative estimate of drug-likeness (QED) is 0.530. The summed E-state index contributed by atoms with van der Waals surface area (Å²) < 4.78 is 23.4. The third-order valence-corrected chi connectivity index (χ3v) is 10.1. The summed E-state index contributed by atoms with van der Waals surface area (Å²) in [5.41, 5.74) is 0. The molecule has 0 unspecified atom stereocenters. The van der Waals surface area contributed by atoms with Gasteiger partial charge >= 0.3 is 8.80 Å². The highest BCUT2D eigenvalue weighted by Gasteiger charge is 2.45. The Bertz CT molecular complexity index is 276. The van der Waals surface area contributed by atoms with Crippen LogP contribution >= 0.6 is 0 Å². The molecule has 18 heavy (non-hydrogen) atoms. The van der Waals surface area contributed by atoms with Gasteiger partial charge in [0.25, 0.3) is 5.95 Å². The Morgan fingerprint density at radius 1 is 0.833 bits per heavy atom. The minimum absolute atomic E-state index is 0.473. The van der Waals surface area contributed by atoms with Gasteiger partial charge in [-0.25, -0.2) is 0 Å². The molecule has 0 N–H and O–H groups in total. The average molecular weight is 309 g/mol. The van der Waals surface area contributed by atoms with Crippen LogP contribution < -0.4 is 0 Å². The zero-order chi connectivity index (χ0) is 14.6. The largest absolute Gasteiger partial charge is 0.543 e. The lowest BCUT2D eigenvalue weighted by atomic mass is 10.7. The molecule has 0 fully saturated rings. The summed E-state index contributed by atoms with van der Waals surface area (Å²) >= 11 is 0. The summed E-state index contributed by atoms with van der Waals surface area (Å²) in [4.78, 5) is 0. The van der Waals surface area contributed by atoms with E-state index in [1.54, 1.807) is 13.2 Å². The van der Waals surface area contributed by atoms with Crippen molar-refractivity contribution in [2.24, 2.45) is 0 Å². The average Bonchev–Trinajstić information content (AvgIpc) is 2.07. The molecule has 108 valence electrons. The first-order valence-corrected chi connectivity index (χ1v) is 15.2. The number of hydrogen-bond donors (Lipinski definition) is 0. The van der Waals surface area contributed by atoms with Gasteiger partial charge in [-0.2, -0.15) is 0 Å². The highest BCUT2D eigenvalue weighted by Crippen LogP contribution is 2.24. The van der Waals surface area contributed by atoms with Crippen LogP contribution in [0.15, 0.2) is 12.0 Å². The van der Waals surface area contributed by atoms with Crippen molar-refractivity contribution in [3.8, 4) is 0 Å². The van der Waals surface area contributed by atoms with Crippen molar-refractivity contribution in [3.63, 3.8) is 0 Å². The van der Waals surface area contributed by atoms with E-state index in [4.69, 9.17) is 17.4 Å². The molecule has 0 heterocycles. The van der Waals surface area contributed by atoms with Gasteiger partial charge in [-0.1, -0.05) is 0 Å². The molecule has 0 aromatic heterocycles. The Hall–Kier alpha value is -0.0894. The van der Waals surface area contributed by atoms with Crippen LogP contribution in [0.3, 0.4) is 0 Å². The first-order valence-electron chi connectivity index (χ1n) is 6.20. The fourth-order valence-corrected chi connectivity index (χ4v) is 11.9. The van der Waals surface area contributed by atoms with Gasteiger partial charge in [0.2, 0.25) is 0 Å². The molecule has 0 atom stereocenters. The molecule has 0 bridgehead atoms. The molecule has 0 spiro atoms. The maximum absolute atomic E-state index is 6.18. The van der Waals surface area contributed by atoms with Gasteiger partial charge < -0.3 is 17.4 Å². The third-order valence-electron chi connectivity index (χ3n) is 1.71. The standard InChI is InChI=1S/C11H28O4Si3/c1-10-11(12-2)13-18(9,14-16(3,4)5)15-17(6,7)8/h10H,1-9H3. The number of allylic oxidation sites excluding steroid dienone is 1. The summed E-state index contributed by atoms with van der Waals surface area (Å²) in [6.07, 6.45) is 1.78. The van der Waals surface area contributed by atoms with E-state index in [0.29, 0.717) is 5.95 Å². The molecule has 0 radical (unpaired) electrons. The Kier molecular flexibility index (Phi) is 6.34. The van der Waals surface area contributed by atoms with E-state index in [1.807, 2.05) is 13.5 Å². The zero-order valence-electron chi connectivity index (χ0n) is 13.2. The molecule has 0 amide bonds. The molecule has 7 heteroatoms. The SMILES string of the molecule is CC=C(OC)O[Si](C)(O[Si](C)(C)C)O[Si](C)(C)C. The maximum atomic E-state index is 6.18. The van der Waals surface area contributed by atoms with Crippen molar-refractivity contribution >= 4 is 25.4 Å². The van der Waals surface area contributed by atoms with Crippen LogP contribution in [0.4, 0.5) is 0 Å². The van der Waals surface area contributed by atoms with Crippen molar-refractivity contribution < 1.29 is 17.4 Å². The monoisotopic (exact) mass is 308 g/mol. The number of rotatable bonds is 7. The first kappa shape index (κ1) is 17.9. The van der Waals surface area contributed by atoms with E-state index in [0.717, 1.165) is 0 Å². The van der Waals surface area contributed by atoms with Gasteiger partial charge in [0, 0.05) is 6.55 Å². The number of hydrogen-bond acceptors (Lipinski definition) is 4. The summed E-state index contributed by atoms with van der Waals surface area (Å²) in [6, 6.07) is 0. The Labute approximate surface area is 115 Å². The van der Waals surface area contributed by atoms with Gasteiger partial charge in [0.15, 0.2) is 16.6 Å². The lowest BCUT2D eigenvalue weighted by molar-refractivity contribution is 0.0964. The summed E-state index contributed by atoms with van der Waals surface area (Å²) in [5.74, 6) is 0.473. The lowest BCUT2D eigenvalue weighted by Crippen LogP contribution is -2.54. The van der Waals surface area contributed by atoms with Crippen LogP contribution in [0.5, 0.6) is 0 Å². The molecule has 0 aliphatic heterocycles. The van der Waals surface area contributed by atoms with Crippen molar-refractivity contribution in [1.29, 1.82) is 0 Å². The van der Waals surface area contributed by atoms with Crippen molar-refractivity contribution in [2.75, 3.05) is 7.11 Å². The molecule has 0 aromatic rings. The first-order chi connectivity index (χ1) is 7.91. The molecule has 0 aromatic carbocycles. The second-order valence-corrected chi connectivity index (χ2v) is 18.2.